The van der Waals surface area contributed by atoms with Gasteiger partial charge in [0.1, 0.15) is 5.58 Å². The van der Waals surface area contributed by atoms with E-state index in [2.05, 4.69) is 0 Å². The van der Waals surface area contributed by atoms with Gasteiger partial charge in [0.2, 0.25) is 0 Å². The topological polar surface area (TPSA) is 54.0 Å². The van der Waals surface area contributed by atoms with Gasteiger partial charge < -0.3 is 4.42 Å². The van der Waals surface area contributed by atoms with E-state index in [1.54, 1.807) is 18.2 Å². The lowest BCUT2D eigenvalue weighted by Gasteiger charge is -1.97. The fourth-order valence-corrected chi connectivity index (χ4v) is 1.43. The van der Waals surface area contributed by atoms with Crippen LogP contribution in [0.1, 0.15) is 5.56 Å². The molecule has 1 aromatic carbocycles. The highest BCUT2D eigenvalue weighted by Crippen LogP contribution is 2.22. The van der Waals surface area contributed by atoms with Gasteiger partial charge in [-0.05, 0) is 18.2 Å². The summed E-state index contributed by atoms with van der Waals surface area (Å²) in [6, 6.07) is 7.88. The van der Waals surface area contributed by atoms with Gasteiger partial charge in [-0.15, -0.1) is 0 Å². The molecule has 2 rings (SSSR count). The summed E-state index contributed by atoms with van der Waals surface area (Å²) in [7, 11) is 0. The zero-order chi connectivity index (χ0) is 10.1. The molecule has 3 nitrogen and oxygen atoms in total. The third-order valence-corrected chi connectivity index (χ3v) is 2.13. The van der Waals surface area contributed by atoms with E-state index in [-0.39, 0.29) is 0 Å². The monoisotopic (exact) mass is 205 g/mol. The molecule has 0 saturated carbocycles. The quantitative estimate of drug-likeness (QED) is 0.620. The molecule has 0 aliphatic heterocycles. The minimum Gasteiger partial charge on any atom is -0.423 e. The zero-order valence-corrected chi connectivity index (χ0v) is 7.71. The van der Waals surface area contributed by atoms with Crippen LogP contribution in [0.4, 0.5) is 0 Å². The number of benzene rings is 1. The molecule has 0 radical (unpaired) electrons. The predicted molar refractivity (Wildman–Crippen MR) is 52.2 cm³/mol. The predicted octanol–water partition coefficient (Wildman–Crippen LogP) is 2.32. The Balaban J connectivity index is 2.90. The summed E-state index contributed by atoms with van der Waals surface area (Å²) < 4.78 is 4.89. The van der Waals surface area contributed by atoms with Crippen molar-refractivity contribution in [3.63, 3.8) is 0 Å². The summed E-state index contributed by atoms with van der Waals surface area (Å²) in [6.45, 7) is 0. The fraction of sp³-hybridized carbons (Fsp3) is 0. The number of hydrogen-bond acceptors (Lipinski definition) is 3. The molecule has 14 heavy (non-hydrogen) atoms. The molecular weight excluding hydrogens is 202 g/mol. The van der Waals surface area contributed by atoms with Crippen LogP contribution >= 0.6 is 11.6 Å². The normalized spacial score (nSPS) is 10.0. The van der Waals surface area contributed by atoms with Gasteiger partial charge in [-0.25, -0.2) is 4.79 Å². The second-order valence-corrected chi connectivity index (χ2v) is 3.14. The highest BCUT2D eigenvalue weighted by atomic mass is 35.5. The molecule has 0 atom stereocenters. The molecular formula is C10H4ClNO2. The first-order chi connectivity index (χ1) is 6.70. The first-order valence-corrected chi connectivity index (χ1v) is 4.22. The van der Waals surface area contributed by atoms with E-state index in [9.17, 15) is 4.79 Å². The van der Waals surface area contributed by atoms with Crippen molar-refractivity contribution in [1.29, 1.82) is 5.26 Å². The average molecular weight is 206 g/mol. The van der Waals surface area contributed by atoms with Crippen molar-refractivity contribution in [2.75, 3.05) is 0 Å². The number of rotatable bonds is 0. The van der Waals surface area contributed by atoms with Gasteiger partial charge in [0.15, 0.2) is 0 Å². The summed E-state index contributed by atoms with van der Waals surface area (Å²) in [5.74, 6) is 0. The summed E-state index contributed by atoms with van der Waals surface area (Å²) in [6.07, 6.45) is 0. The Bertz CT molecular complexity index is 595. The Morgan fingerprint density at radius 1 is 1.36 bits per heavy atom. The number of nitriles is 1. The van der Waals surface area contributed by atoms with Crippen molar-refractivity contribution in [3.05, 3.63) is 45.3 Å². The molecule has 0 bridgehead atoms. The van der Waals surface area contributed by atoms with Gasteiger partial charge in [0.25, 0.3) is 0 Å². The third kappa shape index (κ3) is 1.36. The van der Waals surface area contributed by atoms with E-state index in [1.807, 2.05) is 6.07 Å². The molecule has 68 valence electrons. The Hall–Kier alpha value is -1.79. The molecule has 1 aromatic heterocycles. The lowest BCUT2D eigenvalue weighted by Crippen LogP contribution is -1.95. The van der Waals surface area contributed by atoms with E-state index < -0.39 is 5.63 Å². The molecule has 0 amide bonds. The van der Waals surface area contributed by atoms with Crippen LogP contribution in [0, 0.1) is 11.3 Å². The van der Waals surface area contributed by atoms with Crippen LogP contribution in [-0.2, 0) is 0 Å². The Kier molecular flexibility index (Phi) is 1.99. The zero-order valence-electron chi connectivity index (χ0n) is 6.95. The second kappa shape index (κ2) is 3.17. The molecule has 0 fully saturated rings. The van der Waals surface area contributed by atoms with Crippen LogP contribution in [0.3, 0.4) is 0 Å². The Morgan fingerprint density at radius 2 is 2.14 bits per heavy atom. The smallest absolute Gasteiger partial charge is 0.337 e. The van der Waals surface area contributed by atoms with E-state index in [1.165, 1.54) is 6.07 Å². The van der Waals surface area contributed by atoms with Crippen LogP contribution < -0.4 is 5.63 Å². The summed E-state index contributed by atoms with van der Waals surface area (Å²) in [5.41, 5.74) is 0.377. The second-order valence-electron chi connectivity index (χ2n) is 2.74. The van der Waals surface area contributed by atoms with Crippen LogP contribution in [-0.4, -0.2) is 0 Å². The van der Waals surface area contributed by atoms with Crippen LogP contribution in [0.15, 0.2) is 33.5 Å². The number of fused-ring (bicyclic) bond motifs is 1. The van der Waals surface area contributed by atoms with Gasteiger partial charge in [-0.1, -0.05) is 11.6 Å². The highest BCUT2D eigenvalue weighted by molar-refractivity contribution is 6.35. The van der Waals surface area contributed by atoms with Gasteiger partial charge in [-0.3, -0.25) is 0 Å². The molecule has 0 N–H and O–H groups in total. The molecule has 0 saturated heterocycles. The SMILES string of the molecule is N#Cc1ccc2oc(=O)cc(Cl)c2c1. The number of nitrogens with zero attached hydrogens (tertiary/aromatic N) is 1. The van der Waals surface area contributed by atoms with Crippen molar-refractivity contribution >= 4 is 22.6 Å². The maximum atomic E-state index is 10.9. The van der Waals surface area contributed by atoms with Crippen molar-refractivity contribution in [2.24, 2.45) is 0 Å². The van der Waals surface area contributed by atoms with E-state index in [0.29, 0.717) is 21.6 Å². The van der Waals surface area contributed by atoms with E-state index >= 15 is 0 Å². The van der Waals surface area contributed by atoms with Crippen LogP contribution in [0.5, 0.6) is 0 Å². The van der Waals surface area contributed by atoms with Crippen molar-refractivity contribution in [3.8, 4) is 6.07 Å². The minimum atomic E-state index is -0.493. The molecule has 4 heteroatoms. The molecule has 0 aliphatic carbocycles. The number of halogens is 1. The third-order valence-electron chi connectivity index (χ3n) is 1.82. The fourth-order valence-electron chi connectivity index (χ4n) is 1.19. The van der Waals surface area contributed by atoms with Crippen LogP contribution in [0.25, 0.3) is 11.0 Å². The molecule has 0 aliphatic rings. The lowest BCUT2D eigenvalue weighted by molar-refractivity contribution is 0.561. The van der Waals surface area contributed by atoms with Gasteiger partial charge in [0, 0.05) is 11.5 Å². The lowest BCUT2D eigenvalue weighted by atomic mass is 10.1. The molecule has 1 heterocycles. The summed E-state index contributed by atoms with van der Waals surface area (Å²) >= 11 is 5.82. The first kappa shape index (κ1) is 8.79. The summed E-state index contributed by atoms with van der Waals surface area (Å²) in [5, 5.41) is 9.53. The standard InChI is InChI=1S/C10H4ClNO2/c11-8-4-10(13)14-9-2-1-6(5-12)3-7(8)9/h1-4H. The highest BCUT2D eigenvalue weighted by Gasteiger charge is 2.03. The molecule has 0 unspecified atom stereocenters. The van der Waals surface area contributed by atoms with E-state index in [4.69, 9.17) is 21.3 Å². The molecule has 0 spiro atoms. The Labute approximate surface area is 84.1 Å². The summed E-state index contributed by atoms with van der Waals surface area (Å²) in [4.78, 5) is 10.9. The van der Waals surface area contributed by atoms with Gasteiger partial charge in [-0.2, -0.15) is 5.26 Å². The largest absolute Gasteiger partial charge is 0.423 e. The number of hydrogen-bond donors (Lipinski definition) is 0. The van der Waals surface area contributed by atoms with Crippen molar-refractivity contribution in [1.82, 2.24) is 0 Å². The maximum absolute atomic E-state index is 10.9. The minimum absolute atomic E-state index is 0.299. The van der Waals surface area contributed by atoms with Gasteiger partial charge in [0.05, 0.1) is 16.7 Å². The van der Waals surface area contributed by atoms with Gasteiger partial charge >= 0.3 is 5.63 Å². The Morgan fingerprint density at radius 3 is 2.86 bits per heavy atom. The average Bonchev–Trinajstić information content (AvgIpc) is 2.17. The van der Waals surface area contributed by atoms with Crippen molar-refractivity contribution in [2.45, 2.75) is 0 Å². The first-order valence-electron chi connectivity index (χ1n) is 3.84. The van der Waals surface area contributed by atoms with E-state index in [0.717, 1.165) is 0 Å². The maximum Gasteiger partial charge on any atom is 0.337 e. The molecule has 2 aromatic rings. The van der Waals surface area contributed by atoms with Crippen LogP contribution in [0.2, 0.25) is 5.02 Å². The van der Waals surface area contributed by atoms with Crippen molar-refractivity contribution < 1.29 is 4.42 Å².